The van der Waals surface area contributed by atoms with Gasteiger partial charge in [0.05, 0.1) is 7.11 Å². The molecule has 0 saturated carbocycles. The Labute approximate surface area is 177 Å². The molecule has 0 fully saturated rings. The van der Waals surface area contributed by atoms with E-state index in [2.05, 4.69) is 10.6 Å². The van der Waals surface area contributed by atoms with Gasteiger partial charge < -0.3 is 25.2 Å². The van der Waals surface area contributed by atoms with Crippen LogP contribution in [0.2, 0.25) is 0 Å². The lowest BCUT2D eigenvalue weighted by molar-refractivity contribution is 0.0527. The minimum absolute atomic E-state index is 0.150. The number of alkyl carbamates (subject to hydrolysis) is 1. The van der Waals surface area contributed by atoms with Gasteiger partial charge >= 0.3 is 12.2 Å². The molecule has 2 amide bonds. The molecule has 0 spiro atoms. The summed E-state index contributed by atoms with van der Waals surface area (Å²) in [5.74, 6) is 1.77. The van der Waals surface area contributed by atoms with Gasteiger partial charge in [-0.15, -0.1) is 11.8 Å². The maximum Gasteiger partial charge on any atom is 0.407 e. The van der Waals surface area contributed by atoms with Gasteiger partial charge in [0, 0.05) is 23.6 Å². The molecule has 3 N–H and O–H groups in total. The summed E-state index contributed by atoms with van der Waals surface area (Å²) < 4.78 is 10.5. The predicted molar refractivity (Wildman–Crippen MR) is 117 cm³/mol. The molecule has 0 aliphatic heterocycles. The van der Waals surface area contributed by atoms with E-state index in [4.69, 9.17) is 9.47 Å². The third kappa shape index (κ3) is 10.9. The highest BCUT2D eigenvalue weighted by molar-refractivity contribution is 7.99. The first-order chi connectivity index (χ1) is 13.5. The van der Waals surface area contributed by atoms with Crippen molar-refractivity contribution in [3.8, 4) is 5.75 Å². The smallest absolute Gasteiger partial charge is 0.407 e. The molecule has 0 aliphatic carbocycles. The van der Waals surface area contributed by atoms with Gasteiger partial charge in [-0.2, -0.15) is 0 Å². The molecule has 2 atom stereocenters. The van der Waals surface area contributed by atoms with Gasteiger partial charge in [-0.25, -0.2) is 9.59 Å². The zero-order chi connectivity index (χ0) is 22.0. The van der Waals surface area contributed by atoms with Crippen molar-refractivity contribution in [1.82, 2.24) is 10.6 Å². The Balaban J connectivity index is 2.85. The Bertz CT molecular complexity index is 643. The van der Waals surface area contributed by atoms with Crippen LogP contribution < -0.4 is 15.4 Å². The van der Waals surface area contributed by atoms with Gasteiger partial charge in [0.15, 0.2) is 0 Å². The molecule has 0 heterocycles. The normalized spacial score (nSPS) is 13.5. The third-order valence-corrected chi connectivity index (χ3v) is 5.38. The van der Waals surface area contributed by atoms with Crippen molar-refractivity contribution < 1.29 is 24.2 Å². The molecule has 0 radical (unpaired) electrons. The Morgan fingerprint density at radius 3 is 2.28 bits per heavy atom. The second-order valence-electron chi connectivity index (χ2n) is 8.27. The Morgan fingerprint density at radius 2 is 1.79 bits per heavy atom. The average molecular weight is 427 g/mol. The zero-order valence-corrected chi connectivity index (χ0v) is 19.0. The first-order valence-electron chi connectivity index (χ1n) is 9.71. The van der Waals surface area contributed by atoms with Crippen LogP contribution in [0.4, 0.5) is 9.59 Å². The number of carboxylic acid groups (broad SMARTS) is 1. The van der Waals surface area contributed by atoms with Crippen molar-refractivity contribution in [3.05, 3.63) is 29.8 Å². The number of nitrogens with one attached hydrogen (secondary N) is 2. The highest BCUT2D eigenvalue weighted by Crippen LogP contribution is 2.25. The molecular weight excluding hydrogens is 392 g/mol. The molecule has 7 nitrogen and oxygen atoms in total. The van der Waals surface area contributed by atoms with Crippen molar-refractivity contribution in [1.29, 1.82) is 0 Å². The highest BCUT2D eigenvalue weighted by atomic mass is 32.2. The van der Waals surface area contributed by atoms with Crippen LogP contribution in [-0.4, -0.2) is 47.8 Å². The fourth-order valence-corrected chi connectivity index (χ4v) is 3.92. The summed E-state index contributed by atoms with van der Waals surface area (Å²) in [4.78, 5) is 23.4. The van der Waals surface area contributed by atoms with E-state index in [1.54, 1.807) is 39.6 Å². The van der Waals surface area contributed by atoms with Crippen LogP contribution in [0.15, 0.2) is 24.3 Å². The minimum Gasteiger partial charge on any atom is -0.497 e. The summed E-state index contributed by atoms with van der Waals surface area (Å²) in [6.07, 6.45) is -0.906. The number of carbonyl (C=O) groups excluding carboxylic acids is 1. The van der Waals surface area contributed by atoms with Crippen molar-refractivity contribution in [2.75, 3.05) is 13.7 Å². The number of ether oxygens (including phenoxy) is 2. The second kappa shape index (κ2) is 11.8. The molecule has 164 valence electrons. The van der Waals surface area contributed by atoms with E-state index in [1.165, 1.54) is 0 Å². The Kier molecular flexibility index (Phi) is 10.2. The first kappa shape index (κ1) is 24.9. The fraction of sp³-hybridized carbons (Fsp3) is 0.619. The van der Waals surface area contributed by atoms with Crippen LogP contribution in [0.3, 0.4) is 0 Å². The molecule has 0 aliphatic rings. The van der Waals surface area contributed by atoms with Crippen LogP contribution in [0, 0.1) is 5.92 Å². The summed E-state index contributed by atoms with van der Waals surface area (Å²) in [7, 11) is 1.62. The lowest BCUT2D eigenvalue weighted by Crippen LogP contribution is -2.47. The minimum atomic E-state index is -1.07. The van der Waals surface area contributed by atoms with E-state index in [0.29, 0.717) is 24.6 Å². The van der Waals surface area contributed by atoms with Gasteiger partial charge in [-0.1, -0.05) is 26.0 Å². The van der Waals surface area contributed by atoms with Crippen LogP contribution >= 0.6 is 11.8 Å². The molecule has 2 unspecified atom stereocenters. The second-order valence-corrected chi connectivity index (χ2v) is 9.49. The summed E-state index contributed by atoms with van der Waals surface area (Å²) in [6, 6.07) is 7.44. The maximum absolute atomic E-state index is 12.1. The van der Waals surface area contributed by atoms with Gasteiger partial charge in [-0.3, -0.25) is 0 Å². The van der Waals surface area contributed by atoms with E-state index in [1.807, 2.05) is 38.1 Å². The number of rotatable bonds is 10. The quantitative estimate of drug-likeness (QED) is 0.509. The lowest BCUT2D eigenvalue weighted by atomic mass is 10.0. The van der Waals surface area contributed by atoms with Crippen LogP contribution in [0.25, 0.3) is 0 Å². The number of benzene rings is 1. The van der Waals surface area contributed by atoms with Gasteiger partial charge in [0.25, 0.3) is 0 Å². The molecule has 0 bridgehead atoms. The first-order valence-corrected chi connectivity index (χ1v) is 10.8. The van der Waals surface area contributed by atoms with Crippen LogP contribution in [-0.2, 0) is 10.5 Å². The summed E-state index contributed by atoms with van der Waals surface area (Å²) in [5.41, 5.74) is 0.503. The highest BCUT2D eigenvalue weighted by Gasteiger charge is 2.26. The summed E-state index contributed by atoms with van der Waals surface area (Å²) >= 11 is 1.60. The maximum atomic E-state index is 12.1. The van der Waals surface area contributed by atoms with Gasteiger partial charge in [0.1, 0.15) is 11.4 Å². The predicted octanol–water partition coefficient (Wildman–Crippen LogP) is 4.50. The fourth-order valence-electron chi connectivity index (χ4n) is 2.71. The topological polar surface area (TPSA) is 96.9 Å². The molecule has 8 heteroatoms. The molecule has 1 aromatic carbocycles. The molecule has 0 saturated heterocycles. The van der Waals surface area contributed by atoms with Crippen molar-refractivity contribution in [2.45, 2.75) is 63.7 Å². The van der Waals surface area contributed by atoms with E-state index < -0.39 is 17.8 Å². The van der Waals surface area contributed by atoms with Gasteiger partial charge in [-0.05, 0) is 50.8 Å². The summed E-state index contributed by atoms with van der Waals surface area (Å²) in [6.45, 7) is 9.79. The summed E-state index contributed by atoms with van der Waals surface area (Å²) in [5, 5.41) is 14.5. The largest absolute Gasteiger partial charge is 0.497 e. The number of methoxy groups -OCH3 is 1. The molecule has 1 rings (SSSR count). The SMILES string of the molecule is COc1ccc(CSC(CNC(=O)OC(C)(C)C)C(CC(C)C)NC(=O)O)cc1. The molecule has 0 aromatic heterocycles. The number of hydrogen-bond donors (Lipinski definition) is 3. The molecule has 29 heavy (non-hydrogen) atoms. The van der Waals surface area contributed by atoms with E-state index in [0.717, 1.165) is 11.3 Å². The van der Waals surface area contributed by atoms with Crippen molar-refractivity contribution >= 4 is 23.9 Å². The Hall–Kier alpha value is -2.09. The zero-order valence-electron chi connectivity index (χ0n) is 18.2. The van der Waals surface area contributed by atoms with E-state index in [-0.39, 0.29) is 11.3 Å². The monoisotopic (exact) mass is 426 g/mol. The number of amides is 2. The Morgan fingerprint density at radius 1 is 1.17 bits per heavy atom. The van der Waals surface area contributed by atoms with E-state index in [9.17, 15) is 14.7 Å². The van der Waals surface area contributed by atoms with Gasteiger partial charge in [0.2, 0.25) is 0 Å². The van der Waals surface area contributed by atoms with Crippen LogP contribution in [0.1, 0.15) is 46.6 Å². The molecular formula is C21H34N2O5S. The van der Waals surface area contributed by atoms with Crippen molar-refractivity contribution in [3.63, 3.8) is 0 Å². The number of thioether (sulfide) groups is 1. The third-order valence-electron chi connectivity index (χ3n) is 3.95. The number of carbonyl (C=O) groups is 2. The van der Waals surface area contributed by atoms with Crippen LogP contribution in [0.5, 0.6) is 5.75 Å². The molecule has 1 aromatic rings. The van der Waals surface area contributed by atoms with E-state index >= 15 is 0 Å². The standard InChI is InChI=1S/C21H34N2O5S/c1-14(2)11-17(23-19(24)25)18(12-22-20(26)28-21(3,4)5)29-13-15-7-9-16(27-6)10-8-15/h7-10,14,17-18,23H,11-13H2,1-6H3,(H,22,26)(H,24,25). The lowest BCUT2D eigenvalue weighted by Gasteiger charge is -2.29. The van der Waals surface area contributed by atoms with Crippen molar-refractivity contribution in [2.24, 2.45) is 5.92 Å². The number of hydrogen-bond acceptors (Lipinski definition) is 5. The average Bonchev–Trinajstić information content (AvgIpc) is 2.59.